The van der Waals surface area contributed by atoms with Crippen LogP contribution < -0.4 is 4.72 Å². The third kappa shape index (κ3) is 2.57. The van der Waals surface area contributed by atoms with Crippen molar-refractivity contribution in [1.29, 1.82) is 0 Å². The molecule has 2 rings (SSSR count). The number of carboxylic acid groups (broad SMARTS) is 1. The molecule has 0 spiro atoms. The van der Waals surface area contributed by atoms with Gasteiger partial charge in [-0.25, -0.2) is 13.1 Å². The molecule has 2 atom stereocenters. The molecule has 8 heteroatoms. The third-order valence-electron chi connectivity index (χ3n) is 4.07. The fraction of sp³-hybridized carbons (Fsp3) is 0.667. The maximum atomic E-state index is 12.3. The number of H-pyrrole nitrogens is 1. The van der Waals surface area contributed by atoms with Gasteiger partial charge >= 0.3 is 5.97 Å². The summed E-state index contributed by atoms with van der Waals surface area (Å²) in [6.45, 7) is 3.21. The minimum Gasteiger partial charge on any atom is -0.481 e. The van der Waals surface area contributed by atoms with E-state index in [0.29, 0.717) is 18.5 Å². The molecule has 20 heavy (non-hydrogen) atoms. The standard InChI is InChI=1S/C12H19N3O4S/c1-8-9(7-13-14-8)20(18,19)15-10-5-3-4-6-12(10,2)11(16)17/h7,10,15H,3-6H2,1-2H3,(H,13,14)(H,16,17). The van der Waals surface area contributed by atoms with Gasteiger partial charge in [0, 0.05) is 6.04 Å². The summed E-state index contributed by atoms with van der Waals surface area (Å²) in [6.07, 6.45) is 3.85. The average Bonchev–Trinajstić information content (AvgIpc) is 2.79. The minimum absolute atomic E-state index is 0.0656. The van der Waals surface area contributed by atoms with Crippen LogP contribution in [0.5, 0.6) is 0 Å². The van der Waals surface area contributed by atoms with Crippen LogP contribution in [-0.2, 0) is 14.8 Å². The number of nitrogens with one attached hydrogen (secondary N) is 2. The second-order valence-corrected chi connectivity index (χ2v) is 7.18. The quantitative estimate of drug-likeness (QED) is 0.769. The van der Waals surface area contributed by atoms with Gasteiger partial charge in [0.15, 0.2) is 0 Å². The number of aromatic amines is 1. The van der Waals surface area contributed by atoms with Crippen molar-refractivity contribution < 1.29 is 18.3 Å². The summed E-state index contributed by atoms with van der Waals surface area (Å²) in [6, 6.07) is -0.604. The Kier molecular flexibility index (Phi) is 3.88. The van der Waals surface area contributed by atoms with Crippen molar-refractivity contribution in [2.75, 3.05) is 0 Å². The molecule has 3 N–H and O–H groups in total. The van der Waals surface area contributed by atoms with Crippen LogP contribution >= 0.6 is 0 Å². The van der Waals surface area contributed by atoms with E-state index < -0.39 is 27.4 Å². The lowest BCUT2D eigenvalue weighted by atomic mass is 9.72. The Bertz CT molecular complexity index is 610. The van der Waals surface area contributed by atoms with Crippen molar-refractivity contribution in [2.45, 2.75) is 50.5 Å². The summed E-state index contributed by atoms with van der Waals surface area (Å²) < 4.78 is 27.2. The zero-order valence-corrected chi connectivity index (χ0v) is 12.3. The molecule has 0 aliphatic heterocycles. The molecule has 1 aromatic rings. The van der Waals surface area contributed by atoms with E-state index in [9.17, 15) is 18.3 Å². The molecule has 1 saturated carbocycles. The van der Waals surface area contributed by atoms with Gasteiger partial charge in [-0.15, -0.1) is 0 Å². The SMILES string of the molecule is Cc1[nH]ncc1S(=O)(=O)NC1CCCCC1(C)C(=O)O. The van der Waals surface area contributed by atoms with Crippen molar-refractivity contribution in [3.8, 4) is 0 Å². The van der Waals surface area contributed by atoms with E-state index in [1.807, 2.05) is 0 Å². The number of nitrogens with zero attached hydrogens (tertiary/aromatic N) is 1. The van der Waals surface area contributed by atoms with Crippen LogP contribution in [0.3, 0.4) is 0 Å². The van der Waals surface area contributed by atoms with E-state index in [0.717, 1.165) is 12.8 Å². The maximum absolute atomic E-state index is 12.3. The zero-order valence-electron chi connectivity index (χ0n) is 11.5. The predicted molar refractivity (Wildman–Crippen MR) is 71.6 cm³/mol. The Morgan fingerprint density at radius 3 is 2.80 bits per heavy atom. The normalized spacial score (nSPS) is 27.4. The molecule has 0 aromatic carbocycles. The van der Waals surface area contributed by atoms with Gasteiger partial charge in [-0.05, 0) is 26.7 Å². The highest BCUT2D eigenvalue weighted by atomic mass is 32.2. The minimum atomic E-state index is -3.76. The topological polar surface area (TPSA) is 112 Å². The highest BCUT2D eigenvalue weighted by Gasteiger charge is 2.45. The lowest BCUT2D eigenvalue weighted by Crippen LogP contribution is -2.52. The number of aryl methyl sites for hydroxylation is 1. The molecule has 0 saturated heterocycles. The summed E-state index contributed by atoms with van der Waals surface area (Å²) in [4.78, 5) is 11.5. The number of carboxylic acids is 1. The number of sulfonamides is 1. The first-order valence-corrected chi connectivity index (χ1v) is 8.01. The van der Waals surface area contributed by atoms with E-state index in [1.165, 1.54) is 6.20 Å². The van der Waals surface area contributed by atoms with Crippen LogP contribution in [0, 0.1) is 12.3 Å². The van der Waals surface area contributed by atoms with Gasteiger partial charge in [0.25, 0.3) is 0 Å². The summed E-state index contributed by atoms with van der Waals surface area (Å²) >= 11 is 0. The van der Waals surface area contributed by atoms with Crippen molar-refractivity contribution in [2.24, 2.45) is 5.41 Å². The van der Waals surface area contributed by atoms with Crippen LogP contribution in [-0.4, -0.2) is 35.7 Å². The Hall–Kier alpha value is -1.41. The fourth-order valence-electron chi connectivity index (χ4n) is 2.64. The second-order valence-electron chi connectivity index (χ2n) is 5.50. The lowest BCUT2D eigenvalue weighted by Gasteiger charge is -2.37. The molecule has 2 unspecified atom stereocenters. The summed E-state index contributed by atoms with van der Waals surface area (Å²) in [7, 11) is -3.76. The van der Waals surface area contributed by atoms with Crippen molar-refractivity contribution >= 4 is 16.0 Å². The van der Waals surface area contributed by atoms with Crippen LogP contribution in [0.15, 0.2) is 11.1 Å². The molecule has 0 radical (unpaired) electrons. The molecule has 1 aliphatic rings. The van der Waals surface area contributed by atoms with Gasteiger partial charge < -0.3 is 5.11 Å². The second kappa shape index (κ2) is 5.17. The van der Waals surface area contributed by atoms with Crippen LogP contribution in [0.2, 0.25) is 0 Å². The fourth-order valence-corrected chi connectivity index (χ4v) is 4.16. The zero-order chi connectivity index (χ0) is 15.0. The van der Waals surface area contributed by atoms with Gasteiger partial charge in [-0.2, -0.15) is 5.10 Å². The van der Waals surface area contributed by atoms with E-state index in [2.05, 4.69) is 14.9 Å². The van der Waals surface area contributed by atoms with Crippen molar-refractivity contribution in [3.63, 3.8) is 0 Å². The number of aliphatic carboxylic acids is 1. The molecule has 1 fully saturated rings. The third-order valence-corrected chi connectivity index (χ3v) is 5.65. The Balaban J connectivity index is 2.28. The molecule has 0 amide bonds. The number of hydrogen-bond donors (Lipinski definition) is 3. The maximum Gasteiger partial charge on any atom is 0.310 e. The van der Waals surface area contributed by atoms with E-state index in [-0.39, 0.29) is 4.90 Å². The highest BCUT2D eigenvalue weighted by molar-refractivity contribution is 7.89. The first-order chi connectivity index (χ1) is 9.27. The molecule has 0 bridgehead atoms. The summed E-state index contributed by atoms with van der Waals surface area (Å²) in [5.41, 5.74) is -0.631. The Morgan fingerprint density at radius 2 is 2.25 bits per heavy atom. The van der Waals surface area contributed by atoms with Crippen LogP contribution in [0.1, 0.15) is 38.3 Å². The number of rotatable bonds is 4. The Labute approximate surface area is 117 Å². The Morgan fingerprint density at radius 1 is 1.55 bits per heavy atom. The highest BCUT2D eigenvalue weighted by Crippen LogP contribution is 2.37. The van der Waals surface area contributed by atoms with Crippen molar-refractivity contribution in [3.05, 3.63) is 11.9 Å². The number of carbonyl (C=O) groups is 1. The largest absolute Gasteiger partial charge is 0.481 e. The van der Waals surface area contributed by atoms with E-state index in [4.69, 9.17) is 0 Å². The molecule has 1 aliphatic carbocycles. The molecule has 1 heterocycles. The first kappa shape index (κ1) is 15.0. The monoisotopic (exact) mass is 301 g/mol. The van der Waals surface area contributed by atoms with Gasteiger partial charge in [0.05, 0.1) is 17.3 Å². The van der Waals surface area contributed by atoms with Gasteiger partial charge in [-0.3, -0.25) is 9.89 Å². The first-order valence-electron chi connectivity index (χ1n) is 6.53. The smallest absolute Gasteiger partial charge is 0.310 e. The van der Waals surface area contributed by atoms with Gasteiger partial charge in [0.2, 0.25) is 10.0 Å². The molecule has 7 nitrogen and oxygen atoms in total. The number of aromatic nitrogens is 2. The molecule has 112 valence electrons. The summed E-state index contributed by atoms with van der Waals surface area (Å²) in [5, 5.41) is 15.7. The van der Waals surface area contributed by atoms with E-state index >= 15 is 0 Å². The average molecular weight is 301 g/mol. The van der Waals surface area contributed by atoms with Crippen molar-refractivity contribution in [1.82, 2.24) is 14.9 Å². The van der Waals surface area contributed by atoms with Gasteiger partial charge in [-0.1, -0.05) is 12.8 Å². The van der Waals surface area contributed by atoms with Crippen LogP contribution in [0.25, 0.3) is 0 Å². The molecular weight excluding hydrogens is 282 g/mol. The predicted octanol–water partition coefficient (Wildman–Crippen LogP) is 1.03. The van der Waals surface area contributed by atoms with Crippen LogP contribution in [0.4, 0.5) is 0 Å². The lowest BCUT2D eigenvalue weighted by molar-refractivity contribution is -0.151. The van der Waals surface area contributed by atoms with E-state index in [1.54, 1.807) is 13.8 Å². The molecule has 1 aromatic heterocycles. The molecular formula is C12H19N3O4S. The van der Waals surface area contributed by atoms with Gasteiger partial charge in [0.1, 0.15) is 4.90 Å². The number of hydrogen-bond acceptors (Lipinski definition) is 4. The summed E-state index contributed by atoms with van der Waals surface area (Å²) in [5.74, 6) is -0.964.